The maximum atomic E-state index is 11.0. The number of likely N-dealkylation sites (N-methyl/N-ethyl adjacent to an activating group) is 1. The van der Waals surface area contributed by atoms with Gasteiger partial charge >= 0.3 is 0 Å². The van der Waals surface area contributed by atoms with Crippen LogP contribution in [0.4, 0.5) is 5.69 Å². The van der Waals surface area contributed by atoms with Crippen LogP contribution >= 0.6 is 11.6 Å². The van der Waals surface area contributed by atoms with E-state index in [0.29, 0.717) is 17.3 Å². The Balaban J connectivity index is 2.15. The van der Waals surface area contributed by atoms with Gasteiger partial charge in [0.2, 0.25) is 0 Å². The van der Waals surface area contributed by atoms with E-state index in [2.05, 4.69) is 4.90 Å². The largest absolute Gasteiger partial charge is 0.484 e. The van der Waals surface area contributed by atoms with E-state index in [-0.39, 0.29) is 12.7 Å². The second-order valence-electron chi connectivity index (χ2n) is 4.38. The fourth-order valence-corrected chi connectivity index (χ4v) is 2.55. The van der Waals surface area contributed by atoms with E-state index in [0.717, 1.165) is 18.5 Å². The molecule has 1 heterocycles. The third kappa shape index (κ3) is 3.75. The molecule has 0 spiro atoms. The number of fused-ring (bicyclic) bond motifs is 1. The lowest BCUT2D eigenvalue weighted by Crippen LogP contribution is -2.42. The lowest BCUT2D eigenvalue weighted by molar-refractivity contribution is 0.128. The summed E-state index contributed by atoms with van der Waals surface area (Å²) in [5, 5.41) is 0.645. The highest BCUT2D eigenvalue weighted by atomic mass is 35.5. The molecule has 0 saturated heterocycles. The molecule has 0 saturated carbocycles. The topological polar surface area (TPSA) is 55.8 Å². The van der Waals surface area contributed by atoms with Crippen molar-refractivity contribution in [2.24, 2.45) is 0 Å². The van der Waals surface area contributed by atoms with Gasteiger partial charge in [-0.15, -0.1) is 0 Å². The Bertz CT molecular complexity index is 561. The Morgan fingerprint density at radius 3 is 2.89 bits per heavy atom. The van der Waals surface area contributed by atoms with Crippen molar-refractivity contribution in [1.82, 2.24) is 0 Å². The average molecular weight is 306 g/mol. The van der Waals surface area contributed by atoms with Crippen LogP contribution in [0.3, 0.4) is 0 Å². The minimum atomic E-state index is -3.45. The lowest BCUT2D eigenvalue weighted by atomic mass is 10.2. The van der Waals surface area contributed by atoms with Gasteiger partial charge in [0.15, 0.2) is 0 Å². The van der Waals surface area contributed by atoms with Crippen molar-refractivity contribution in [1.29, 1.82) is 0 Å². The van der Waals surface area contributed by atoms with Crippen LogP contribution in [0.15, 0.2) is 18.2 Å². The molecule has 5 nitrogen and oxygen atoms in total. The number of halogens is 1. The van der Waals surface area contributed by atoms with Crippen LogP contribution in [0, 0.1) is 0 Å². The first-order valence-corrected chi connectivity index (χ1v) is 8.14. The van der Waals surface area contributed by atoms with Crippen molar-refractivity contribution in [3.05, 3.63) is 23.2 Å². The third-order valence-corrected chi connectivity index (χ3v) is 3.63. The molecule has 1 aromatic rings. The highest BCUT2D eigenvalue weighted by Crippen LogP contribution is 2.35. The zero-order chi connectivity index (χ0) is 14.0. The smallest absolute Gasteiger partial charge is 0.264 e. The van der Waals surface area contributed by atoms with Gasteiger partial charge in [-0.25, -0.2) is 0 Å². The molecule has 1 aromatic carbocycles. The van der Waals surface area contributed by atoms with E-state index in [4.69, 9.17) is 20.5 Å². The van der Waals surface area contributed by atoms with Crippen LogP contribution in [-0.4, -0.2) is 40.5 Å². The van der Waals surface area contributed by atoms with Gasteiger partial charge < -0.3 is 9.64 Å². The van der Waals surface area contributed by atoms with Crippen molar-refractivity contribution in [3.63, 3.8) is 0 Å². The number of ether oxygens (including phenoxy) is 1. The summed E-state index contributed by atoms with van der Waals surface area (Å²) in [5.41, 5.74) is 0.922. The summed E-state index contributed by atoms with van der Waals surface area (Å²) < 4.78 is 32.5. The summed E-state index contributed by atoms with van der Waals surface area (Å²) in [5.74, 6) is 0.694. The van der Waals surface area contributed by atoms with Crippen LogP contribution < -0.4 is 9.64 Å². The van der Waals surface area contributed by atoms with E-state index in [1.165, 1.54) is 0 Å². The van der Waals surface area contributed by atoms with E-state index < -0.39 is 10.1 Å². The molecule has 1 aliphatic rings. The summed E-state index contributed by atoms with van der Waals surface area (Å²) in [6, 6.07) is 5.37. The molecule has 2 rings (SSSR count). The second-order valence-corrected chi connectivity index (χ2v) is 6.46. The van der Waals surface area contributed by atoms with Crippen molar-refractivity contribution >= 4 is 27.4 Å². The minimum Gasteiger partial charge on any atom is -0.484 e. The number of hydrogen-bond donors (Lipinski definition) is 0. The van der Waals surface area contributed by atoms with Crippen molar-refractivity contribution in [2.75, 3.05) is 30.9 Å². The molecule has 19 heavy (non-hydrogen) atoms. The van der Waals surface area contributed by atoms with Gasteiger partial charge in [0.25, 0.3) is 10.1 Å². The summed E-state index contributed by atoms with van der Waals surface area (Å²) in [7, 11) is -3.45. The number of benzene rings is 1. The third-order valence-electron chi connectivity index (χ3n) is 2.83. The van der Waals surface area contributed by atoms with Gasteiger partial charge in [0.1, 0.15) is 18.5 Å². The van der Waals surface area contributed by atoms with Gasteiger partial charge in [-0.05, 0) is 25.1 Å². The summed E-state index contributed by atoms with van der Waals surface area (Å²) in [4.78, 5) is 2.08. The predicted octanol–water partition coefficient (Wildman–Crippen LogP) is 1.90. The molecule has 106 valence electrons. The lowest BCUT2D eigenvalue weighted by Gasteiger charge is -2.35. The Morgan fingerprint density at radius 1 is 1.53 bits per heavy atom. The summed E-state index contributed by atoms with van der Waals surface area (Å²) in [6.07, 6.45) is 0.713. The summed E-state index contributed by atoms with van der Waals surface area (Å²) >= 11 is 5.97. The van der Waals surface area contributed by atoms with E-state index >= 15 is 0 Å². The monoisotopic (exact) mass is 305 g/mol. The zero-order valence-corrected chi connectivity index (χ0v) is 12.4. The first-order chi connectivity index (χ1) is 8.89. The van der Waals surface area contributed by atoms with Crippen LogP contribution in [0.1, 0.15) is 6.92 Å². The second kappa shape index (κ2) is 5.56. The van der Waals surface area contributed by atoms with Crippen molar-refractivity contribution in [2.45, 2.75) is 13.0 Å². The van der Waals surface area contributed by atoms with E-state index in [9.17, 15) is 8.42 Å². The molecule has 0 aromatic heterocycles. The number of hydrogen-bond acceptors (Lipinski definition) is 5. The van der Waals surface area contributed by atoms with Gasteiger partial charge in [-0.2, -0.15) is 8.42 Å². The van der Waals surface area contributed by atoms with E-state index in [1.54, 1.807) is 12.1 Å². The maximum absolute atomic E-state index is 11.0. The standard InChI is InChI=1S/C12H16ClNO4S/c1-3-14-7-10(8-17-19(2,15)16)18-12-5-4-9(13)6-11(12)14/h4-6,10H,3,7-8H2,1-2H3/t10-/m1/s1. The molecule has 0 radical (unpaired) electrons. The Hall–Kier alpha value is -0.980. The van der Waals surface area contributed by atoms with Crippen LogP contribution in [-0.2, 0) is 14.3 Å². The van der Waals surface area contributed by atoms with Gasteiger partial charge in [-0.1, -0.05) is 11.6 Å². The van der Waals surface area contributed by atoms with Crippen molar-refractivity contribution < 1.29 is 17.3 Å². The Morgan fingerprint density at radius 2 is 2.26 bits per heavy atom. The van der Waals surface area contributed by atoms with Crippen molar-refractivity contribution in [3.8, 4) is 5.75 Å². The molecule has 0 bridgehead atoms. The van der Waals surface area contributed by atoms with Gasteiger partial charge in [0, 0.05) is 11.6 Å². The van der Waals surface area contributed by atoms with Crippen LogP contribution in [0.2, 0.25) is 5.02 Å². The fourth-order valence-electron chi connectivity index (χ4n) is 1.98. The molecule has 0 amide bonds. The number of nitrogens with zero attached hydrogens (tertiary/aromatic N) is 1. The quantitative estimate of drug-likeness (QED) is 0.795. The SMILES string of the molecule is CCN1C[C@H](COS(C)(=O)=O)Oc2ccc(Cl)cc21. The summed E-state index contributed by atoms with van der Waals surface area (Å²) in [6.45, 7) is 3.38. The molecule has 0 fully saturated rings. The molecule has 7 heteroatoms. The first kappa shape index (κ1) is 14.4. The van der Waals surface area contributed by atoms with Crippen LogP contribution in [0.25, 0.3) is 0 Å². The molecular formula is C12H16ClNO4S. The van der Waals surface area contributed by atoms with E-state index in [1.807, 2.05) is 13.0 Å². The first-order valence-electron chi connectivity index (χ1n) is 5.94. The molecule has 0 aliphatic carbocycles. The molecule has 1 atom stereocenters. The molecular weight excluding hydrogens is 290 g/mol. The average Bonchev–Trinajstić information content (AvgIpc) is 2.34. The van der Waals surface area contributed by atoms with Crippen LogP contribution in [0.5, 0.6) is 5.75 Å². The zero-order valence-electron chi connectivity index (χ0n) is 10.8. The Labute approximate surface area is 118 Å². The Kier molecular flexibility index (Phi) is 4.23. The molecule has 1 aliphatic heterocycles. The normalized spacial score (nSPS) is 18.9. The van der Waals surface area contributed by atoms with Gasteiger partial charge in [-0.3, -0.25) is 4.18 Å². The number of rotatable bonds is 4. The highest BCUT2D eigenvalue weighted by Gasteiger charge is 2.26. The number of anilines is 1. The maximum Gasteiger partial charge on any atom is 0.264 e. The highest BCUT2D eigenvalue weighted by molar-refractivity contribution is 7.85. The molecule has 0 unspecified atom stereocenters. The molecule has 0 N–H and O–H groups in total. The fraction of sp³-hybridized carbons (Fsp3) is 0.500. The predicted molar refractivity (Wildman–Crippen MR) is 74.6 cm³/mol. The van der Waals surface area contributed by atoms with Gasteiger partial charge in [0.05, 0.1) is 18.5 Å². The minimum absolute atomic E-state index is 0.0113.